The smallest absolute Gasteiger partial charge is 0.259 e. The van der Waals surface area contributed by atoms with Gasteiger partial charge in [0.2, 0.25) is 0 Å². The lowest BCUT2D eigenvalue weighted by Crippen LogP contribution is -2.48. The van der Waals surface area contributed by atoms with Crippen molar-refractivity contribution < 1.29 is 13.6 Å². The SMILES string of the molecule is O=C(c1cnn2cccnc12)N1CCN(Cc2cccc(F)c2F)CC1. The molecule has 1 aliphatic rings. The Labute approximate surface area is 148 Å². The van der Waals surface area contributed by atoms with Gasteiger partial charge in [0.1, 0.15) is 5.56 Å². The maximum atomic E-state index is 13.8. The van der Waals surface area contributed by atoms with Gasteiger partial charge in [0.05, 0.1) is 6.20 Å². The van der Waals surface area contributed by atoms with Crippen molar-refractivity contribution in [3.8, 4) is 0 Å². The predicted molar refractivity (Wildman–Crippen MR) is 90.5 cm³/mol. The van der Waals surface area contributed by atoms with Crippen molar-refractivity contribution in [2.75, 3.05) is 26.2 Å². The molecule has 1 saturated heterocycles. The molecule has 1 aliphatic heterocycles. The van der Waals surface area contributed by atoms with E-state index in [0.29, 0.717) is 49.5 Å². The summed E-state index contributed by atoms with van der Waals surface area (Å²) in [6.07, 6.45) is 4.89. The van der Waals surface area contributed by atoms with E-state index >= 15 is 0 Å². The molecule has 6 nitrogen and oxygen atoms in total. The monoisotopic (exact) mass is 357 g/mol. The summed E-state index contributed by atoms with van der Waals surface area (Å²) in [5, 5.41) is 4.14. The molecule has 0 saturated carbocycles. The quantitative estimate of drug-likeness (QED) is 0.719. The maximum absolute atomic E-state index is 13.8. The molecule has 0 radical (unpaired) electrons. The number of piperazine rings is 1. The molecule has 3 heterocycles. The number of carbonyl (C=O) groups is 1. The Balaban J connectivity index is 1.42. The molecule has 134 valence electrons. The molecular formula is C18H17F2N5O. The fraction of sp³-hybridized carbons (Fsp3) is 0.278. The standard InChI is InChI=1S/C18H17F2N5O/c19-15-4-1-3-13(16(15)20)12-23-7-9-24(10-8-23)18(26)14-11-22-25-6-2-5-21-17(14)25/h1-6,11H,7-10,12H2. The molecule has 1 fully saturated rings. The minimum absolute atomic E-state index is 0.115. The van der Waals surface area contributed by atoms with Crippen LogP contribution >= 0.6 is 0 Å². The van der Waals surface area contributed by atoms with Crippen molar-refractivity contribution in [2.24, 2.45) is 0 Å². The average molecular weight is 357 g/mol. The number of halogens is 2. The zero-order valence-corrected chi connectivity index (χ0v) is 14.0. The second-order valence-corrected chi connectivity index (χ2v) is 6.23. The summed E-state index contributed by atoms with van der Waals surface area (Å²) < 4.78 is 28.7. The first-order valence-electron chi connectivity index (χ1n) is 8.36. The molecule has 1 aromatic carbocycles. The van der Waals surface area contributed by atoms with Gasteiger partial charge in [0.25, 0.3) is 5.91 Å². The summed E-state index contributed by atoms with van der Waals surface area (Å²) in [5.74, 6) is -1.75. The van der Waals surface area contributed by atoms with E-state index in [1.165, 1.54) is 12.3 Å². The second kappa shape index (κ2) is 6.80. The van der Waals surface area contributed by atoms with Crippen molar-refractivity contribution in [3.05, 3.63) is 65.6 Å². The summed E-state index contributed by atoms with van der Waals surface area (Å²) >= 11 is 0. The Bertz CT molecular complexity index is 950. The van der Waals surface area contributed by atoms with Gasteiger partial charge in [-0.1, -0.05) is 12.1 Å². The van der Waals surface area contributed by atoms with E-state index in [9.17, 15) is 13.6 Å². The highest BCUT2D eigenvalue weighted by Crippen LogP contribution is 2.17. The van der Waals surface area contributed by atoms with Crippen LogP contribution in [0.2, 0.25) is 0 Å². The van der Waals surface area contributed by atoms with E-state index in [2.05, 4.69) is 10.1 Å². The van der Waals surface area contributed by atoms with Gasteiger partial charge in [-0.05, 0) is 12.1 Å². The molecule has 0 atom stereocenters. The normalized spacial score (nSPS) is 15.5. The molecule has 2 aromatic heterocycles. The van der Waals surface area contributed by atoms with Crippen LogP contribution in [0.15, 0.2) is 42.9 Å². The van der Waals surface area contributed by atoms with Gasteiger partial charge in [-0.3, -0.25) is 9.69 Å². The molecule has 0 spiro atoms. The van der Waals surface area contributed by atoms with E-state index in [4.69, 9.17) is 0 Å². The third-order valence-electron chi connectivity index (χ3n) is 4.59. The molecule has 8 heteroatoms. The van der Waals surface area contributed by atoms with Crippen molar-refractivity contribution in [1.82, 2.24) is 24.4 Å². The molecule has 0 unspecified atom stereocenters. The number of carbonyl (C=O) groups excluding carboxylic acids is 1. The molecule has 26 heavy (non-hydrogen) atoms. The Hall–Kier alpha value is -2.87. The third-order valence-corrected chi connectivity index (χ3v) is 4.59. The van der Waals surface area contributed by atoms with Crippen LogP contribution in [-0.2, 0) is 6.54 Å². The van der Waals surface area contributed by atoms with Crippen LogP contribution in [0.1, 0.15) is 15.9 Å². The Morgan fingerprint density at radius 3 is 2.73 bits per heavy atom. The van der Waals surface area contributed by atoms with Crippen LogP contribution in [0, 0.1) is 11.6 Å². The zero-order chi connectivity index (χ0) is 18.1. The van der Waals surface area contributed by atoms with Gasteiger partial charge in [-0.25, -0.2) is 18.3 Å². The topological polar surface area (TPSA) is 53.7 Å². The Kier molecular flexibility index (Phi) is 4.34. The highest BCUT2D eigenvalue weighted by molar-refractivity contribution is 5.99. The van der Waals surface area contributed by atoms with Crippen molar-refractivity contribution in [3.63, 3.8) is 0 Å². The minimum Gasteiger partial charge on any atom is -0.336 e. The molecule has 1 amide bonds. The number of nitrogens with zero attached hydrogens (tertiary/aromatic N) is 5. The summed E-state index contributed by atoms with van der Waals surface area (Å²) in [7, 11) is 0. The van der Waals surface area contributed by atoms with E-state index in [0.717, 1.165) is 6.07 Å². The van der Waals surface area contributed by atoms with E-state index in [-0.39, 0.29) is 5.91 Å². The Morgan fingerprint density at radius 2 is 1.92 bits per heavy atom. The van der Waals surface area contributed by atoms with Crippen LogP contribution < -0.4 is 0 Å². The van der Waals surface area contributed by atoms with E-state index in [1.54, 1.807) is 33.9 Å². The lowest BCUT2D eigenvalue weighted by Gasteiger charge is -2.34. The number of hydrogen-bond donors (Lipinski definition) is 0. The summed E-state index contributed by atoms with van der Waals surface area (Å²) in [6.45, 7) is 2.53. The summed E-state index contributed by atoms with van der Waals surface area (Å²) in [4.78, 5) is 20.7. The number of rotatable bonds is 3. The third kappa shape index (κ3) is 3.03. The number of aromatic nitrogens is 3. The maximum Gasteiger partial charge on any atom is 0.259 e. The Morgan fingerprint density at radius 1 is 1.12 bits per heavy atom. The summed E-state index contributed by atoms with van der Waals surface area (Å²) in [5.41, 5.74) is 1.33. The number of amides is 1. The first-order chi connectivity index (χ1) is 12.6. The molecule has 0 bridgehead atoms. The molecule has 0 aliphatic carbocycles. The molecule has 3 aromatic rings. The number of hydrogen-bond acceptors (Lipinski definition) is 4. The van der Waals surface area contributed by atoms with Gasteiger partial charge in [-0.15, -0.1) is 0 Å². The fourth-order valence-corrected chi connectivity index (χ4v) is 3.17. The van der Waals surface area contributed by atoms with Gasteiger partial charge < -0.3 is 4.90 Å². The second-order valence-electron chi connectivity index (χ2n) is 6.23. The van der Waals surface area contributed by atoms with Crippen molar-refractivity contribution in [2.45, 2.75) is 6.54 Å². The van der Waals surface area contributed by atoms with Crippen molar-refractivity contribution in [1.29, 1.82) is 0 Å². The fourth-order valence-electron chi connectivity index (χ4n) is 3.17. The van der Waals surface area contributed by atoms with Gasteiger partial charge >= 0.3 is 0 Å². The lowest BCUT2D eigenvalue weighted by molar-refractivity contribution is 0.0628. The average Bonchev–Trinajstić information content (AvgIpc) is 3.10. The van der Waals surface area contributed by atoms with Crippen LogP contribution in [0.3, 0.4) is 0 Å². The van der Waals surface area contributed by atoms with Crippen LogP contribution in [0.5, 0.6) is 0 Å². The van der Waals surface area contributed by atoms with Gasteiger partial charge in [0.15, 0.2) is 17.3 Å². The van der Waals surface area contributed by atoms with Crippen LogP contribution in [0.25, 0.3) is 5.65 Å². The van der Waals surface area contributed by atoms with Crippen LogP contribution in [-0.4, -0.2) is 56.5 Å². The highest BCUT2D eigenvalue weighted by atomic mass is 19.2. The van der Waals surface area contributed by atoms with Crippen LogP contribution in [0.4, 0.5) is 8.78 Å². The number of fused-ring (bicyclic) bond motifs is 1. The highest BCUT2D eigenvalue weighted by Gasteiger charge is 2.25. The predicted octanol–water partition coefficient (Wildman–Crippen LogP) is 1.97. The van der Waals surface area contributed by atoms with Gasteiger partial charge in [-0.2, -0.15) is 5.10 Å². The first kappa shape index (κ1) is 16.6. The molecule has 0 N–H and O–H groups in total. The molecule has 4 rings (SSSR count). The molecular weight excluding hydrogens is 340 g/mol. The zero-order valence-electron chi connectivity index (χ0n) is 14.0. The van der Waals surface area contributed by atoms with Crippen molar-refractivity contribution >= 4 is 11.6 Å². The van der Waals surface area contributed by atoms with E-state index in [1.807, 2.05) is 4.90 Å². The lowest BCUT2D eigenvalue weighted by atomic mass is 10.1. The first-order valence-corrected chi connectivity index (χ1v) is 8.36. The van der Waals surface area contributed by atoms with Gasteiger partial charge in [0, 0.05) is 50.7 Å². The largest absolute Gasteiger partial charge is 0.336 e. The minimum atomic E-state index is -0.836. The summed E-state index contributed by atoms with van der Waals surface area (Å²) in [6, 6.07) is 5.95. The van der Waals surface area contributed by atoms with E-state index < -0.39 is 11.6 Å². The number of benzene rings is 1.